The van der Waals surface area contributed by atoms with Crippen LogP contribution in [0, 0.1) is 5.92 Å². The molecule has 1 fully saturated rings. The van der Waals surface area contributed by atoms with E-state index in [2.05, 4.69) is 43.4 Å². The van der Waals surface area contributed by atoms with Gasteiger partial charge in [-0.2, -0.15) is 0 Å². The average molecular weight is 641 g/mol. The molecule has 2 amide bonds. The Balaban J connectivity index is 1.53. The van der Waals surface area contributed by atoms with Gasteiger partial charge in [-0.15, -0.1) is 0 Å². The van der Waals surface area contributed by atoms with Crippen LogP contribution in [0.5, 0.6) is 0 Å². The fourth-order valence-electron chi connectivity index (χ4n) is 6.22. The molecule has 4 rings (SSSR count). The number of hydrogen-bond donors (Lipinski definition) is 3. The van der Waals surface area contributed by atoms with Gasteiger partial charge >= 0.3 is 0 Å². The molecule has 1 aliphatic heterocycles. The number of nitrogens with one attached hydrogen (secondary N) is 1. The number of nitrogens with two attached hydrogens (primary N) is 2. The van der Waals surface area contributed by atoms with Gasteiger partial charge in [0.2, 0.25) is 11.8 Å². The highest BCUT2D eigenvalue weighted by Crippen LogP contribution is 2.27. The maximum atomic E-state index is 14.0. The van der Waals surface area contributed by atoms with E-state index in [9.17, 15) is 9.59 Å². The van der Waals surface area contributed by atoms with E-state index in [0.717, 1.165) is 60.7 Å². The molecule has 3 atom stereocenters. The molecule has 1 saturated heterocycles. The number of rotatable bonds is 14. The Bertz CT molecular complexity index is 1400. The second kappa shape index (κ2) is 16.6. The lowest BCUT2D eigenvalue weighted by Gasteiger charge is -2.48. The topological polar surface area (TPSA) is 105 Å². The van der Waals surface area contributed by atoms with Gasteiger partial charge in [0.1, 0.15) is 0 Å². The molecule has 0 bridgehead atoms. The molecule has 5 N–H and O–H groups in total. The number of amides is 2. The summed E-state index contributed by atoms with van der Waals surface area (Å²) < 4.78 is 0. The predicted molar refractivity (Wildman–Crippen MR) is 182 cm³/mol. The summed E-state index contributed by atoms with van der Waals surface area (Å²) in [5.41, 5.74) is 14.0. The predicted octanol–water partition coefficient (Wildman–Crippen LogP) is 5.43. The van der Waals surface area contributed by atoms with Crippen molar-refractivity contribution in [1.82, 2.24) is 15.1 Å². The molecular formula is C35H47Cl2N5O2. The summed E-state index contributed by atoms with van der Waals surface area (Å²) in [6, 6.07) is 18.8. The van der Waals surface area contributed by atoms with Gasteiger partial charge in [0, 0.05) is 48.3 Å². The number of hydrogen-bond acceptors (Lipinski definition) is 5. The minimum Gasteiger partial charge on any atom is -0.336 e. The molecule has 9 heteroatoms. The van der Waals surface area contributed by atoms with E-state index in [-0.39, 0.29) is 23.9 Å². The van der Waals surface area contributed by atoms with Crippen molar-refractivity contribution in [3.63, 3.8) is 0 Å². The lowest BCUT2D eigenvalue weighted by Crippen LogP contribution is -2.64. The van der Waals surface area contributed by atoms with Gasteiger partial charge in [-0.25, -0.2) is 0 Å². The fourth-order valence-corrected chi connectivity index (χ4v) is 6.71. The summed E-state index contributed by atoms with van der Waals surface area (Å²) in [6.45, 7) is 7.54. The first-order valence-electron chi connectivity index (χ1n) is 15.8. The average Bonchev–Trinajstić information content (AvgIpc) is 2.99. The maximum Gasteiger partial charge on any atom is 0.240 e. The number of nitrogens with zero attached hydrogens (tertiary/aromatic N) is 2. The molecule has 3 aromatic carbocycles. The zero-order valence-electron chi connectivity index (χ0n) is 26.0. The Morgan fingerprint density at radius 2 is 1.68 bits per heavy atom. The van der Waals surface area contributed by atoms with Crippen LogP contribution < -0.4 is 16.8 Å². The van der Waals surface area contributed by atoms with Crippen molar-refractivity contribution in [2.75, 3.05) is 32.7 Å². The van der Waals surface area contributed by atoms with Crippen molar-refractivity contribution >= 4 is 45.8 Å². The quantitative estimate of drug-likeness (QED) is 0.204. The van der Waals surface area contributed by atoms with Crippen molar-refractivity contribution < 1.29 is 9.59 Å². The summed E-state index contributed by atoms with van der Waals surface area (Å²) in [6.07, 6.45) is 4.13. The van der Waals surface area contributed by atoms with Gasteiger partial charge in [-0.3, -0.25) is 9.59 Å². The highest BCUT2D eigenvalue weighted by Gasteiger charge is 2.39. The third-order valence-corrected chi connectivity index (χ3v) is 9.03. The van der Waals surface area contributed by atoms with E-state index in [1.807, 2.05) is 34.1 Å². The van der Waals surface area contributed by atoms with Crippen LogP contribution in [0.1, 0.15) is 50.7 Å². The lowest BCUT2D eigenvalue weighted by atomic mass is 9.93. The first-order valence-corrected chi connectivity index (χ1v) is 16.6. The van der Waals surface area contributed by atoms with E-state index in [4.69, 9.17) is 34.7 Å². The van der Waals surface area contributed by atoms with Crippen LogP contribution in [0.15, 0.2) is 60.7 Å². The molecule has 1 heterocycles. The van der Waals surface area contributed by atoms with E-state index in [1.54, 1.807) is 12.1 Å². The SMILES string of the molecule is CC(C)C[C@@H]1CN(C(=O)[C@H](N)Cc2ccc(Cl)cc2Cl)[C@@H](CCCCNCCN)CN1C(=O)Cc1ccc2ccccc2c1. The smallest absolute Gasteiger partial charge is 0.240 e. The summed E-state index contributed by atoms with van der Waals surface area (Å²) in [5.74, 6) is 0.363. The molecule has 238 valence electrons. The molecule has 0 radical (unpaired) electrons. The van der Waals surface area contributed by atoms with Crippen LogP contribution in [0.3, 0.4) is 0 Å². The number of piperazine rings is 1. The Labute approximate surface area is 272 Å². The Kier molecular flexibility index (Phi) is 12.9. The number of carbonyl (C=O) groups is 2. The molecule has 44 heavy (non-hydrogen) atoms. The van der Waals surface area contributed by atoms with Crippen LogP contribution in [0.25, 0.3) is 10.8 Å². The molecule has 0 unspecified atom stereocenters. The Morgan fingerprint density at radius 1 is 0.932 bits per heavy atom. The van der Waals surface area contributed by atoms with Gasteiger partial charge in [0.25, 0.3) is 0 Å². The van der Waals surface area contributed by atoms with Gasteiger partial charge in [0.05, 0.1) is 12.5 Å². The van der Waals surface area contributed by atoms with Crippen molar-refractivity contribution in [2.24, 2.45) is 17.4 Å². The standard InChI is InChI=1S/C35H47Cl2N5O2/c1-24(2)17-31-23-42(35(44)33(39)20-28-12-13-29(36)21-32(28)37)30(9-5-6-15-40-16-14-38)22-41(31)34(43)19-25-10-11-26-7-3-4-8-27(26)18-25/h3-4,7-8,10-13,18,21,24,30-31,33,40H,5-6,9,14-17,19-20,22-23,38-39H2,1-2H3/t30-,31+,33+/m0/s1. The first kappa shape index (κ1) is 34.2. The van der Waals surface area contributed by atoms with E-state index in [0.29, 0.717) is 48.4 Å². The maximum absolute atomic E-state index is 14.0. The minimum atomic E-state index is -0.748. The Morgan fingerprint density at radius 3 is 2.41 bits per heavy atom. The van der Waals surface area contributed by atoms with Crippen LogP contribution in [-0.2, 0) is 22.4 Å². The molecule has 7 nitrogen and oxygen atoms in total. The molecular weight excluding hydrogens is 593 g/mol. The second-order valence-electron chi connectivity index (χ2n) is 12.4. The molecule has 3 aromatic rings. The molecule has 0 aliphatic carbocycles. The molecule has 0 saturated carbocycles. The monoisotopic (exact) mass is 639 g/mol. The van der Waals surface area contributed by atoms with E-state index < -0.39 is 6.04 Å². The summed E-state index contributed by atoms with van der Waals surface area (Å²) >= 11 is 12.5. The summed E-state index contributed by atoms with van der Waals surface area (Å²) in [5, 5.41) is 6.68. The third kappa shape index (κ3) is 9.41. The molecule has 1 aliphatic rings. The van der Waals surface area contributed by atoms with Crippen LogP contribution in [0.4, 0.5) is 0 Å². The zero-order valence-corrected chi connectivity index (χ0v) is 27.5. The largest absolute Gasteiger partial charge is 0.336 e. The van der Waals surface area contributed by atoms with Gasteiger partial charge in [0.15, 0.2) is 0 Å². The highest BCUT2D eigenvalue weighted by atomic mass is 35.5. The van der Waals surface area contributed by atoms with Crippen molar-refractivity contribution in [3.8, 4) is 0 Å². The van der Waals surface area contributed by atoms with Crippen molar-refractivity contribution in [1.29, 1.82) is 0 Å². The van der Waals surface area contributed by atoms with Crippen molar-refractivity contribution in [2.45, 2.75) is 70.5 Å². The number of halogens is 2. The zero-order chi connectivity index (χ0) is 31.6. The number of fused-ring (bicyclic) bond motifs is 1. The fraction of sp³-hybridized carbons (Fsp3) is 0.486. The van der Waals surface area contributed by atoms with Gasteiger partial charge in [-0.05, 0) is 72.2 Å². The number of carbonyl (C=O) groups excluding carboxylic acids is 2. The van der Waals surface area contributed by atoms with E-state index in [1.165, 1.54) is 0 Å². The van der Waals surface area contributed by atoms with Gasteiger partial charge < -0.3 is 26.6 Å². The summed E-state index contributed by atoms with van der Waals surface area (Å²) in [4.78, 5) is 31.9. The van der Waals surface area contributed by atoms with E-state index >= 15 is 0 Å². The number of benzene rings is 3. The number of unbranched alkanes of at least 4 members (excludes halogenated alkanes) is 1. The molecule has 0 spiro atoms. The highest BCUT2D eigenvalue weighted by molar-refractivity contribution is 6.35. The second-order valence-corrected chi connectivity index (χ2v) is 13.3. The molecule has 0 aromatic heterocycles. The lowest BCUT2D eigenvalue weighted by molar-refractivity contribution is -0.148. The first-order chi connectivity index (χ1) is 21.2. The third-order valence-electron chi connectivity index (χ3n) is 8.45. The van der Waals surface area contributed by atoms with Crippen molar-refractivity contribution in [3.05, 3.63) is 81.8 Å². The van der Waals surface area contributed by atoms with Crippen LogP contribution in [-0.4, -0.2) is 72.5 Å². The van der Waals surface area contributed by atoms with Gasteiger partial charge in [-0.1, -0.05) is 92.0 Å². The van der Waals surface area contributed by atoms with Crippen LogP contribution in [0.2, 0.25) is 10.0 Å². The Hall–Kier alpha value is -2.68. The normalized spacial score (nSPS) is 17.8. The van der Waals surface area contributed by atoms with Crippen LogP contribution >= 0.6 is 23.2 Å². The minimum absolute atomic E-state index is 0.0827. The summed E-state index contributed by atoms with van der Waals surface area (Å²) in [7, 11) is 0.